The first-order valence-corrected chi connectivity index (χ1v) is 8.29. The van der Waals surface area contributed by atoms with Gasteiger partial charge in [-0.05, 0) is 42.0 Å². The molecule has 2 aromatic carbocycles. The number of hydrogen-bond donors (Lipinski definition) is 0. The number of thioether (sulfide) groups is 1. The Balaban J connectivity index is 1.82. The van der Waals surface area contributed by atoms with Crippen molar-refractivity contribution in [1.29, 1.82) is 0 Å². The Hall–Kier alpha value is -2.04. The summed E-state index contributed by atoms with van der Waals surface area (Å²) in [6.07, 6.45) is 1.75. The van der Waals surface area contributed by atoms with Crippen LogP contribution in [0.15, 0.2) is 53.4 Å². The Morgan fingerprint density at radius 2 is 1.78 bits per heavy atom. The van der Waals surface area contributed by atoms with Gasteiger partial charge < -0.3 is 0 Å². The zero-order valence-electron chi connectivity index (χ0n) is 12.5. The van der Waals surface area contributed by atoms with Crippen LogP contribution in [0.2, 0.25) is 5.02 Å². The second kappa shape index (κ2) is 6.60. The van der Waals surface area contributed by atoms with Gasteiger partial charge in [0.1, 0.15) is 0 Å². The molecule has 3 nitrogen and oxygen atoms in total. The van der Waals surface area contributed by atoms with E-state index in [1.54, 1.807) is 12.1 Å². The third kappa shape index (κ3) is 3.49. The average molecular weight is 344 g/mol. The monoisotopic (exact) mass is 343 g/mol. The lowest BCUT2D eigenvalue weighted by atomic mass is 10.1. The molecular formula is C18H14ClNO2S. The molecule has 1 aliphatic rings. The molecule has 2 aromatic rings. The van der Waals surface area contributed by atoms with Gasteiger partial charge in [-0.1, -0.05) is 59.6 Å². The zero-order valence-corrected chi connectivity index (χ0v) is 14.0. The molecule has 0 saturated carbocycles. The van der Waals surface area contributed by atoms with Crippen molar-refractivity contribution in [3.8, 4) is 0 Å². The van der Waals surface area contributed by atoms with Crippen LogP contribution in [0.25, 0.3) is 6.08 Å². The van der Waals surface area contributed by atoms with E-state index in [1.807, 2.05) is 49.4 Å². The zero-order chi connectivity index (χ0) is 16.4. The fourth-order valence-electron chi connectivity index (χ4n) is 2.25. The fourth-order valence-corrected chi connectivity index (χ4v) is 3.28. The van der Waals surface area contributed by atoms with Crippen LogP contribution in [0, 0.1) is 6.92 Å². The van der Waals surface area contributed by atoms with Gasteiger partial charge in [-0.25, -0.2) is 0 Å². The van der Waals surface area contributed by atoms with Gasteiger partial charge in [-0.15, -0.1) is 0 Å². The van der Waals surface area contributed by atoms with Crippen molar-refractivity contribution in [3.05, 3.63) is 75.1 Å². The lowest BCUT2D eigenvalue weighted by Crippen LogP contribution is -2.27. The lowest BCUT2D eigenvalue weighted by Gasteiger charge is -2.13. The summed E-state index contributed by atoms with van der Waals surface area (Å²) in [6.45, 7) is 2.19. The summed E-state index contributed by atoms with van der Waals surface area (Å²) >= 11 is 7.07. The maximum absolute atomic E-state index is 12.5. The number of amides is 2. The van der Waals surface area contributed by atoms with Crippen LogP contribution in [0.1, 0.15) is 16.7 Å². The van der Waals surface area contributed by atoms with Crippen LogP contribution in [0.3, 0.4) is 0 Å². The molecule has 23 heavy (non-hydrogen) atoms. The van der Waals surface area contributed by atoms with E-state index in [1.165, 1.54) is 4.90 Å². The van der Waals surface area contributed by atoms with Crippen LogP contribution < -0.4 is 0 Å². The van der Waals surface area contributed by atoms with Gasteiger partial charge in [0.25, 0.3) is 11.1 Å². The van der Waals surface area contributed by atoms with E-state index >= 15 is 0 Å². The van der Waals surface area contributed by atoms with Crippen molar-refractivity contribution in [3.63, 3.8) is 0 Å². The van der Waals surface area contributed by atoms with Crippen molar-refractivity contribution < 1.29 is 9.59 Å². The highest BCUT2D eigenvalue weighted by Crippen LogP contribution is 2.34. The summed E-state index contributed by atoms with van der Waals surface area (Å²) in [4.78, 5) is 26.3. The van der Waals surface area contributed by atoms with Crippen molar-refractivity contribution in [1.82, 2.24) is 4.90 Å². The molecule has 0 aliphatic carbocycles. The summed E-state index contributed by atoms with van der Waals surface area (Å²) in [7, 11) is 0. The summed E-state index contributed by atoms with van der Waals surface area (Å²) in [5.74, 6) is -0.277. The molecule has 1 saturated heterocycles. The first-order valence-electron chi connectivity index (χ1n) is 7.10. The Morgan fingerprint density at radius 3 is 2.48 bits per heavy atom. The number of hydrogen-bond acceptors (Lipinski definition) is 3. The highest BCUT2D eigenvalue weighted by molar-refractivity contribution is 8.18. The number of halogens is 1. The second-order valence-corrected chi connectivity index (χ2v) is 6.67. The summed E-state index contributed by atoms with van der Waals surface area (Å²) in [5.41, 5.74) is 2.81. The third-order valence-electron chi connectivity index (χ3n) is 3.53. The molecule has 0 unspecified atom stereocenters. The smallest absolute Gasteiger partial charge is 0.268 e. The molecule has 116 valence electrons. The van der Waals surface area contributed by atoms with Gasteiger partial charge in [0.2, 0.25) is 0 Å². The number of rotatable bonds is 3. The van der Waals surface area contributed by atoms with Gasteiger partial charge in [0, 0.05) is 5.02 Å². The predicted molar refractivity (Wildman–Crippen MR) is 94.1 cm³/mol. The molecule has 3 rings (SSSR count). The van der Waals surface area contributed by atoms with Crippen LogP contribution in [0.4, 0.5) is 4.79 Å². The molecule has 0 atom stereocenters. The van der Waals surface area contributed by atoms with E-state index in [2.05, 4.69) is 0 Å². The summed E-state index contributed by atoms with van der Waals surface area (Å²) in [5, 5.41) is 0.280. The molecular weight excluding hydrogens is 330 g/mol. The first-order chi connectivity index (χ1) is 11.0. The van der Waals surface area contributed by atoms with Crippen LogP contribution in [0.5, 0.6) is 0 Å². The Labute approximate surface area is 143 Å². The minimum absolute atomic E-state index is 0.190. The van der Waals surface area contributed by atoms with E-state index in [9.17, 15) is 9.59 Å². The minimum atomic E-state index is -0.277. The van der Waals surface area contributed by atoms with Gasteiger partial charge in [0.05, 0.1) is 11.4 Å². The van der Waals surface area contributed by atoms with E-state index in [0.717, 1.165) is 28.5 Å². The Kier molecular flexibility index (Phi) is 4.55. The van der Waals surface area contributed by atoms with Crippen LogP contribution in [-0.2, 0) is 11.3 Å². The number of nitrogens with zero attached hydrogens (tertiary/aromatic N) is 1. The maximum Gasteiger partial charge on any atom is 0.293 e. The molecule has 1 aliphatic heterocycles. The van der Waals surface area contributed by atoms with Gasteiger partial charge >= 0.3 is 0 Å². The topological polar surface area (TPSA) is 37.4 Å². The van der Waals surface area contributed by atoms with E-state index in [0.29, 0.717) is 9.93 Å². The molecule has 2 amide bonds. The van der Waals surface area contributed by atoms with E-state index < -0.39 is 0 Å². The second-order valence-electron chi connectivity index (χ2n) is 5.27. The predicted octanol–water partition coefficient (Wildman–Crippen LogP) is 4.88. The fraction of sp³-hybridized carbons (Fsp3) is 0.111. The number of carbonyl (C=O) groups is 2. The lowest BCUT2D eigenvalue weighted by molar-refractivity contribution is -0.123. The van der Waals surface area contributed by atoms with Crippen molar-refractivity contribution in [2.45, 2.75) is 13.5 Å². The van der Waals surface area contributed by atoms with Crippen molar-refractivity contribution >= 4 is 40.6 Å². The summed E-state index contributed by atoms with van der Waals surface area (Å²) in [6, 6.07) is 15.0. The largest absolute Gasteiger partial charge is 0.293 e. The van der Waals surface area contributed by atoms with E-state index in [4.69, 9.17) is 11.6 Å². The first kappa shape index (κ1) is 15.8. The number of benzene rings is 2. The molecule has 0 spiro atoms. The summed E-state index contributed by atoms with van der Waals surface area (Å²) < 4.78 is 0. The van der Waals surface area contributed by atoms with Crippen LogP contribution in [-0.4, -0.2) is 16.0 Å². The van der Waals surface area contributed by atoms with Crippen molar-refractivity contribution in [2.75, 3.05) is 0 Å². The van der Waals surface area contributed by atoms with Gasteiger partial charge in [-0.2, -0.15) is 0 Å². The van der Waals surface area contributed by atoms with Gasteiger partial charge in [-0.3, -0.25) is 14.5 Å². The molecule has 0 aromatic heterocycles. The van der Waals surface area contributed by atoms with Crippen LogP contribution >= 0.6 is 23.4 Å². The highest BCUT2D eigenvalue weighted by Gasteiger charge is 2.35. The SMILES string of the molecule is Cc1ccc(/C=C2\SC(=O)N(Cc3ccccc3Cl)C2=O)cc1. The molecule has 0 radical (unpaired) electrons. The van der Waals surface area contributed by atoms with E-state index in [-0.39, 0.29) is 17.7 Å². The normalized spacial score (nSPS) is 16.4. The third-order valence-corrected chi connectivity index (χ3v) is 4.81. The molecule has 1 fully saturated rings. The Bertz CT molecular complexity index is 799. The number of carbonyl (C=O) groups excluding carboxylic acids is 2. The minimum Gasteiger partial charge on any atom is -0.268 e. The number of aryl methyl sites for hydroxylation is 1. The Morgan fingerprint density at radius 1 is 1.09 bits per heavy atom. The number of imide groups is 1. The highest BCUT2D eigenvalue weighted by atomic mass is 35.5. The van der Waals surface area contributed by atoms with Crippen molar-refractivity contribution in [2.24, 2.45) is 0 Å². The average Bonchev–Trinajstić information content (AvgIpc) is 2.79. The molecule has 0 N–H and O–H groups in total. The molecule has 1 heterocycles. The van der Waals surface area contributed by atoms with Gasteiger partial charge in [0.15, 0.2) is 0 Å². The standard InChI is InChI=1S/C18H14ClNO2S/c1-12-6-8-13(9-7-12)10-16-17(21)20(18(22)23-16)11-14-4-2-3-5-15(14)19/h2-10H,11H2,1H3/b16-10-. The molecule has 5 heteroatoms. The molecule has 0 bridgehead atoms. The quantitative estimate of drug-likeness (QED) is 0.745. The maximum atomic E-state index is 12.5.